The number of carbonyl (C=O) groups is 3. The number of halogens is 1. The minimum absolute atomic E-state index is 0.0705. The Morgan fingerprint density at radius 1 is 0.903 bits per heavy atom. The fraction of sp³-hybridized carbons (Fsp3) is 0.0870. The lowest BCUT2D eigenvalue weighted by atomic mass is 10.1. The molecule has 0 bridgehead atoms. The van der Waals surface area contributed by atoms with E-state index in [4.69, 9.17) is 25.9 Å². The number of hydrogen-bond donors (Lipinski definition) is 0. The molecule has 0 unspecified atom stereocenters. The van der Waals surface area contributed by atoms with Crippen LogP contribution in [-0.2, 0) is 11.4 Å². The molecule has 0 saturated carbocycles. The predicted octanol–water partition coefficient (Wildman–Crippen LogP) is 4.30. The van der Waals surface area contributed by atoms with Gasteiger partial charge in [0.15, 0.2) is 0 Å². The van der Waals surface area contributed by atoms with Gasteiger partial charge in [-0.1, -0.05) is 40.9 Å². The molecule has 0 aromatic heterocycles. The van der Waals surface area contributed by atoms with Crippen LogP contribution in [0.15, 0.2) is 66.7 Å². The Labute approximate surface area is 182 Å². The maximum Gasteiger partial charge on any atom is 0.363 e. The topological polar surface area (TPSA) is 82.1 Å². The molecule has 2 amide bonds. The first-order valence-electron chi connectivity index (χ1n) is 9.24. The van der Waals surface area contributed by atoms with Crippen molar-refractivity contribution in [2.45, 2.75) is 6.61 Å². The summed E-state index contributed by atoms with van der Waals surface area (Å²) in [5.74, 6) is -1.28. The molecule has 0 saturated heterocycles. The van der Waals surface area contributed by atoms with Gasteiger partial charge in [-0.15, -0.1) is 0 Å². The Balaban J connectivity index is 1.53. The number of hydrogen-bond acceptors (Lipinski definition) is 6. The second kappa shape index (κ2) is 8.49. The summed E-state index contributed by atoms with van der Waals surface area (Å²) in [5.41, 5.74) is 1.04. The van der Waals surface area contributed by atoms with Crippen molar-refractivity contribution in [2.24, 2.45) is 0 Å². The lowest BCUT2D eigenvalue weighted by Crippen LogP contribution is -2.32. The number of para-hydroxylation sites is 1. The van der Waals surface area contributed by atoms with Gasteiger partial charge in [0.25, 0.3) is 11.8 Å². The van der Waals surface area contributed by atoms with E-state index in [0.29, 0.717) is 27.1 Å². The van der Waals surface area contributed by atoms with Gasteiger partial charge in [0, 0.05) is 5.56 Å². The van der Waals surface area contributed by atoms with Crippen LogP contribution in [0.25, 0.3) is 0 Å². The van der Waals surface area contributed by atoms with E-state index in [1.807, 2.05) is 0 Å². The van der Waals surface area contributed by atoms with Crippen molar-refractivity contribution >= 4 is 29.4 Å². The number of nitrogens with zero attached hydrogens (tertiary/aromatic N) is 1. The normalized spacial score (nSPS) is 12.5. The van der Waals surface area contributed by atoms with Crippen molar-refractivity contribution in [1.29, 1.82) is 0 Å². The number of amides is 2. The summed E-state index contributed by atoms with van der Waals surface area (Å²) in [7, 11) is 1.49. The van der Waals surface area contributed by atoms with E-state index in [0.717, 1.165) is 0 Å². The molecule has 31 heavy (non-hydrogen) atoms. The maximum absolute atomic E-state index is 12.7. The molecule has 0 aliphatic carbocycles. The molecular weight excluding hydrogens is 422 g/mol. The molecule has 0 fully saturated rings. The highest BCUT2D eigenvalue weighted by Crippen LogP contribution is 2.28. The van der Waals surface area contributed by atoms with Crippen molar-refractivity contribution in [3.63, 3.8) is 0 Å². The SMILES string of the molecule is COc1ccc(C(=O)ON2C(=O)c3ccccc3C2=O)cc1COc1ccccc1Cl. The number of ether oxygens (including phenoxy) is 2. The van der Waals surface area contributed by atoms with Crippen molar-refractivity contribution in [3.8, 4) is 11.5 Å². The second-order valence-corrected chi connectivity index (χ2v) is 6.98. The summed E-state index contributed by atoms with van der Waals surface area (Å²) in [5, 5.41) is 0.916. The molecule has 3 aromatic rings. The summed E-state index contributed by atoms with van der Waals surface area (Å²) in [4.78, 5) is 42.6. The smallest absolute Gasteiger partial charge is 0.363 e. The third kappa shape index (κ3) is 3.95. The highest BCUT2D eigenvalue weighted by atomic mass is 35.5. The van der Waals surface area contributed by atoms with E-state index >= 15 is 0 Å². The van der Waals surface area contributed by atoms with E-state index in [1.165, 1.54) is 31.4 Å². The molecule has 7 nitrogen and oxygen atoms in total. The number of carbonyl (C=O) groups excluding carboxylic acids is 3. The van der Waals surface area contributed by atoms with Crippen LogP contribution in [0.1, 0.15) is 36.6 Å². The standard InChI is InChI=1S/C23H16ClNO6/c1-29-19-11-10-14(12-15(19)13-30-20-9-5-4-8-18(20)24)23(28)31-25-21(26)16-6-2-3-7-17(16)22(25)27/h2-12H,13H2,1H3. The highest BCUT2D eigenvalue weighted by molar-refractivity contribution is 6.32. The average molecular weight is 438 g/mol. The summed E-state index contributed by atoms with van der Waals surface area (Å²) < 4.78 is 11.1. The zero-order chi connectivity index (χ0) is 22.0. The van der Waals surface area contributed by atoms with Gasteiger partial charge in [-0.3, -0.25) is 9.59 Å². The fourth-order valence-electron chi connectivity index (χ4n) is 3.12. The molecule has 0 N–H and O–H groups in total. The third-order valence-electron chi connectivity index (χ3n) is 4.67. The van der Waals surface area contributed by atoms with Crippen LogP contribution in [0, 0.1) is 0 Å². The first-order chi connectivity index (χ1) is 15.0. The van der Waals surface area contributed by atoms with E-state index in [1.54, 1.807) is 42.5 Å². The quantitative estimate of drug-likeness (QED) is 0.535. The van der Waals surface area contributed by atoms with Crippen LogP contribution >= 0.6 is 11.6 Å². The second-order valence-electron chi connectivity index (χ2n) is 6.57. The molecule has 1 aliphatic rings. The number of benzene rings is 3. The lowest BCUT2D eigenvalue weighted by molar-refractivity contribution is -0.0584. The van der Waals surface area contributed by atoms with Gasteiger partial charge in [0.1, 0.15) is 18.1 Å². The molecule has 1 aliphatic heterocycles. The summed E-state index contributed by atoms with van der Waals surface area (Å²) in [6, 6.07) is 17.8. The lowest BCUT2D eigenvalue weighted by Gasteiger charge is -2.15. The van der Waals surface area contributed by atoms with Crippen LogP contribution < -0.4 is 9.47 Å². The number of fused-ring (bicyclic) bond motifs is 1. The summed E-state index contributed by atoms with van der Waals surface area (Å²) in [6.07, 6.45) is 0. The minimum Gasteiger partial charge on any atom is -0.496 e. The summed E-state index contributed by atoms with van der Waals surface area (Å²) >= 11 is 6.11. The molecule has 8 heteroatoms. The largest absolute Gasteiger partial charge is 0.496 e. The van der Waals surface area contributed by atoms with Crippen LogP contribution in [-0.4, -0.2) is 30.0 Å². The Hall–Kier alpha value is -3.84. The number of hydroxylamine groups is 2. The first kappa shape index (κ1) is 20.4. The Morgan fingerprint density at radius 2 is 1.55 bits per heavy atom. The maximum atomic E-state index is 12.7. The van der Waals surface area contributed by atoms with Gasteiger partial charge in [-0.05, 0) is 42.5 Å². The molecule has 156 valence electrons. The van der Waals surface area contributed by atoms with Gasteiger partial charge in [0.05, 0.1) is 28.8 Å². The van der Waals surface area contributed by atoms with Crippen LogP contribution in [0.4, 0.5) is 0 Å². The van der Waals surface area contributed by atoms with Crippen molar-refractivity contribution in [3.05, 3.63) is 94.0 Å². The predicted molar refractivity (Wildman–Crippen MR) is 111 cm³/mol. The van der Waals surface area contributed by atoms with Gasteiger partial charge >= 0.3 is 5.97 Å². The van der Waals surface area contributed by atoms with Gasteiger partial charge < -0.3 is 14.3 Å². The van der Waals surface area contributed by atoms with Crippen molar-refractivity contribution in [1.82, 2.24) is 5.06 Å². The molecule has 0 radical (unpaired) electrons. The third-order valence-corrected chi connectivity index (χ3v) is 4.98. The zero-order valence-electron chi connectivity index (χ0n) is 16.3. The van der Waals surface area contributed by atoms with Crippen LogP contribution in [0.3, 0.4) is 0 Å². The van der Waals surface area contributed by atoms with Gasteiger partial charge in [-0.25, -0.2) is 4.79 Å². The molecule has 0 spiro atoms. The number of imide groups is 1. The van der Waals surface area contributed by atoms with E-state index in [9.17, 15) is 14.4 Å². The minimum atomic E-state index is -0.865. The van der Waals surface area contributed by atoms with Gasteiger partial charge in [0.2, 0.25) is 0 Å². The fourth-order valence-corrected chi connectivity index (χ4v) is 3.31. The molecule has 0 atom stereocenters. The van der Waals surface area contributed by atoms with E-state index in [-0.39, 0.29) is 23.3 Å². The molecule has 1 heterocycles. The van der Waals surface area contributed by atoms with Gasteiger partial charge in [-0.2, -0.15) is 0 Å². The Morgan fingerprint density at radius 3 is 2.19 bits per heavy atom. The first-order valence-corrected chi connectivity index (χ1v) is 9.61. The van der Waals surface area contributed by atoms with Crippen molar-refractivity contribution in [2.75, 3.05) is 7.11 Å². The molecular formula is C23H16ClNO6. The van der Waals surface area contributed by atoms with E-state index < -0.39 is 17.8 Å². The summed E-state index contributed by atoms with van der Waals surface area (Å²) in [6.45, 7) is 0.0705. The van der Waals surface area contributed by atoms with E-state index in [2.05, 4.69) is 0 Å². The monoisotopic (exact) mass is 437 g/mol. The number of rotatable bonds is 6. The Bertz CT molecular complexity index is 1160. The molecule has 4 rings (SSSR count). The van der Waals surface area contributed by atoms with Crippen molar-refractivity contribution < 1.29 is 28.7 Å². The van der Waals surface area contributed by atoms with Crippen LogP contribution in [0.5, 0.6) is 11.5 Å². The average Bonchev–Trinajstić information content (AvgIpc) is 3.03. The van der Waals surface area contributed by atoms with Crippen LogP contribution in [0.2, 0.25) is 5.02 Å². The molecule has 3 aromatic carbocycles. The highest BCUT2D eigenvalue weighted by Gasteiger charge is 2.38. The Kier molecular flexibility index (Phi) is 5.60. The number of methoxy groups -OCH3 is 1. The zero-order valence-corrected chi connectivity index (χ0v) is 17.1.